The molecule has 0 saturated heterocycles. The highest BCUT2D eigenvalue weighted by molar-refractivity contribution is 9.11. The van der Waals surface area contributed by atoms with Crippen LogP contribution in [-0.4, -0.2) is 18.5 Å². The molecule has 0 aliphatic carbocycles. The third-order valence-corrected chi connectivity index (χ3v) is 3.89. The number of benzene rings is 1. The topological polar surface area (TPSA) is 52.6 Å². The number of hydrogen-bond donors (Lipinski definition) is 0. The Morgan fingerprint density at radius 2 is 1.67 bits per heavy atom. The van der Waals surface area contributed by atoms with Gasteiger partial charge in [-0.1, -0.05) is 21.9 Å². The van der Waals surface area contributed by atoms with Gasteiger partial charge in [-0.3, -0.25) is 9.59 Å². The monoisotopic (exact) mass is 480 g/mol. The maximum atomic E-state index is 11.7. The maximum Gasteiger partial charge on any atom is 0.311 e. The molecule has 0 aliphatic heterocycles. The Morgan fingerprint density at radius 3 is 2.24 bits per heavy atom. The van der Waals surface area contributed by atoms with Gasteiger partial charge in [-0.15, -0.1) is 6.42 Å². The van der Waals surface area contributed by atoms with Crippen molar-refractivity contribution < 1.29 is 19.1 Å². The molecule has 4 nitrogen and oxygen atoms in total. The van der Waals surface area contributed by atoms with Crippen LogP contribution in [0.4, 0.5) is 0 Å². The first-order valence-electron chi connectivity index (χ1n) is 5.88. The van der Waals surface area contributed by atoms with Crippen molar-refractivity contribution in [3.05, 3.63) is 25.6 Å². The average Bonchev–Trinajstić information content (AvgIpc) is 2.40. The first kappa shape index (κ1) is 18.2. The molecule has 0 amide bonds. The lowest BCUT2D eigenvalue weighted by atomic mass is 10.2. The molecular formula is C14H11Br3O4. The fourth-order valence-electron chi connectivity index (χ4n) is 1.36. The van der Waals surface area contributed by atoms with Gasteiger partial charge in [0, 0.05) is 17.3 Å². The Morgan fingerprint density at radius 1 is 1.10 bits per heavy atom. The SMILES string of the molecule is C#CCOC(=O)CCCC(=O)Oc1c(Br)cc(Br)cc1Br. The van der Waals surface area contributed by atoms with E-state index in [0.29, 0.717) is 21.1 Å². The summed E-state index contributed by atoms with van der Waals surface area (Å²) >= 11 is 9.96. The van der Waals surface area contributed by atoms with Crippen molar-refractivity contribution in [3.63, 3.8) is 0 Å². The quantitative estimate of drug-likeness (QED) is 0.346. The van der Waals surface area contributed by atoms with Crippen molar-refractivity contribution in [1.29, 1.82) is 0 Å². The van der Waals surface area contributed by atoms with Crippen molar-refractivity contribution in [1.82, 2.24) is 0 Å². The Hall–Kier alpha value is -0.840. The summed E-state index contributed by atoms with van der Waals surface area (Å²) in [5, 5.41) is 0. The van der Waals surface area contributed by atoms with Gasteiger partial charge in [0.1, 0.15) is 0 Å². The lowest BCUT2D eigenvalue weighted by Crippen LogP contribution is -2.10. The smallest absolute Gasteiger partial charge is 0.311 e. The van der Waals surface area contributed by atoms with Gasteiger partial charge in [-0.25, -0.2) is 0 Å². The molecule has 1 rings (SSSR count). The Bertz CT molecular complexity index is 555. The van der Waals surface area contributed by atoms with E-state index in [2.05, 4.69) is 53.7 Å². The number of halogens is 3. The lowest BCUT2D eigenvalue weighted by molar-refractivity contribution is -0.142. The highest BCUT2D eigenvalue weighted by atomic mass is 79.9. The van der Waals surface area contributed by atoms with Gasteiger partial charge in [-0.2, -0.15) is 0 Å². The number of hydrogen-bond acceptors (Lipinski definition) is 4. The molecule has 0 N–H and O–H groups in total. The Balaban J connectivity index is 2.45. The minimum absolute atomic E-state index is 0.0535. The van der Waals surface area contributed by atoms with Gasteiger partial charge in [0.25, 0.3) is 0 Å². The van der Waals surface area contributed by atoms with E-state index in [0.717, 1.165) is 4.47 Å². The van der Waals surface area contributed by atoms with Crippen molar-refractivity contribution in [3.8, 4) is 18.1 Å². The summed E-state index contributed by atoms with van der Waals surface area (Å²) in [6, 6.07) is 3.54. The molecule has 1 aromatic carbocycles. The molecule has 0 heterocycles. The number of terminal acetylenes is 1. The van der Waals surface area contributed by atoms with E-state index in [9.17, 15) is 9.59 Å². The van der Waals surface area contributed by atoms with Crippen LogP contribution in [0.3, 0.4) is 0 Å². The van der Waals surface area contributed by atoms with Crippen molar-refractivity contribution in [2.45, 2.75) is 19.3 Å². The van der Waals surface area contributed by atoms with Crippen LogP contribution in [-0.2, 0) is 14.3 Å². The van der Waals surface area contributed by atoms with Crippen LogP contribution in [0, 0.1) is 12.3 Å². The zero-order valence-electron chi connectivity index (χ0n) is 10.8. The summed E-state index contributed by atoms with van der Waals surface area (Å²) in [7, 11) is 0. The first-order valence-corrected chi connectivity index (χ1v) is 8.26. The fraction of sp³-hybridized carbons (Fsp3) is 0.286. The van der Waals surface area contributed by atoms with Gasteiger partial charge < -0.3 is 9.47 Å². The molecule has 0 aliphatic rings. The number of carbonyl (C=O) groups excluding carboxylic acids is 2. The predicted molar refractivity (Wildman–Crippen MR) is 88.8 cm³/mol. The van der Waals surface area contributed by atoms with Crippen LogP contribution in [0.1, 0.15) is 19.3 Å². The predicted octanol–water partition coefficient (Wildman–Crippen LogP) is 4.23. The van der Waals surface area contributed by atoms with Gasteiger partial charge in [-0.05, 0) is 50.4 Å². The molecule has 0 spiro atoms. The highest BCUT2D eigenvalue weighted by Gasteiger charge is 2.13. The number of carbonyl (C=O) groups is 2. The van der Waals surface area contributed by atoms with E-state index in [1.54, 1.807) is 12.1 Å². The molecular weight excluding hydrogens is 472 g/mol. The van der Waals surface area contributed by atoms with Crippen LogP contribution in [0.25, 0.3) is 0 Å². The summed E-state index contributed by atoms with van der Waals surface area (Å²) in [5.41, 5.74) is 0. The molecule has 0 radical (unpaired) electrons. The lowest BCUT2D eigenvalue weighted by Gasteiger charge is -2.09. The van der Waals surface area contributed by atoms with Crippen molar-refractivity contribution in [2.24, 2.45) is 0 Å². The minimum Gasteiger partial charge on any atom is -0.452 e. The summed E-state index contributed by atoms with van der Waals surface area (Å²) in [5.74, 6) is 1.75. The maximum absolute atomic E-state index is 11.7. The van der Waals surface area contributed by atoms with Gasteiger partial charge in [0.15, 0.2) is 12.4 Å². The zero-order chi connectivity index (χ0) is 15.8. The van der Waals surface area contributed by atoms with Crippen LogP contribution in [0.15, 0.2) is 25.6 Å². The normalized spacial score (nSPS) is 9.81. The highest BCUT2D eigenvalue weighted by Crippen LogP contribution is 2.36. The van der Waals surface area contributed by atoms with E-state index in [1.165, 1.54) is 0 Å². The molecule has 0 unspecified atom stereocenters. The second kappa shape index (κ2) is 9.23. The van der Waals surface area contributed by atoms with Crippen LogP contribution >= 0.6 is 47.8 Å². The van der Waals surface area contributed by atoms with E-state index in [4.69, 9.17) is 15.9 Å². The summed E-state index contributed by atoms with van der Waals surface area (Å²) in [4.78, 5) is 22.9. The van der Waals surface area contributed by atoms with Crippen LogP contribution < -0.4 is 4.74 Å². The van der Waals surface area contributed by atoms with Gasteiger partial charge >= 0.3 is 11.9 Å². The van der Waals surface area contributed by atoms with Gasteiger partial charge in [0.2, 0.25) is 0 Å². The molecule has 0 atom stereocenters. The average molecular weight is 483 g/mol. The van der Waals surface area contributed by atoms with E-state index >= 15 is 0 Å². The zero-order valence-corrected chi connectivity index (χ0v) is 15.6. The number of ether oxygens (including phenoxy) is 2. The minimum atomic E-state index is -0.427. The van der Waals surface area contributed by atoms with E-state index in [1.807, 2.05) is 0 Å². The van der Waals surface area contributed by atoms with Crippen LogP contribution in [0.5, 0.6) is 5.75 Å². The van der Waals surface area contributed by atoms with Crippen molar-refractivity contribution >= 4 is 59.7 Å². The molecule has 1 aromatic rings. The summed E-state index contributed by atoms with van der Waals surface area (Å²) in [6.45, 7) is -0.0535. The third kappa shape index (κ3) is 6.64. The van der Waals surface area contributed by atoms with E-state index in [-0.39, 0.29) is 19.4 Å². The second-order valence-corrected chi connectivity index (χ2v) is 6.52. The summed E-state index contributed by atoms with van der Waals surface area (Å²) in [6.07, 6.45) is 5.54. The fourth-order valence-corrected chi connectivity index (χ4v) is 3.78. The largest absolute Gasteiger partial charge is 0.452 e. The first-order chi connectivity index (χ1) is 9.93. The van der Waals surface area contributed by atoms with Crippen LogP contribution in [0.2, 0.25) is 0 Å². The number of esters is 2. The third-order valence-electron chi connectivity index (χ3n) is 2.26. The van der Waals surface area contributed by atoms with E-state index < -0.39 is 11.9 Å². The molecule has 112 valence electrons. The molecule has 21 heavy (non-hydrogen) atoms. The Labute approximate surface area is 148 Å². The molecule has 0 saturated carbocycles. The Kier molecular flexibility index (Phi) is 8.01. The molecule has 0 aromatic heterocycles. The summed E-state index contributed by atoms with van der Waals surface area (Å²) < 4.78 is 12.1. The second-order valence-electron chi connectivity index (χ2n) is 3.89. The number of rotatable bonds is 6. The standard InChI is InChI=1S/C14H11Br3O4/c1-2-6-20-12(18)4-3-5-13(19)21-14-10(16)7-9(15)8-11(14)17/h1,7-8H,3-6H2. The molecule has 7 heteroatoms. The molecule has 0 fully saturated rings. The molecule has 0 bridgehead atoms. The van der Waals surface area contributed by atoms with Gasteiger partial charge in [0.05, 0.1) is 8.95 Å². The van der Waals surface area contributed by atoms with Crippen molar-refractivity contribution in [2.75, 3.05) is 6.61 Å².